The summed E-state index contributed by atoms with van der Waals surface area (Å²) >= 11 is 0. The molecule has 2 bridgehead atoms. The van der Waals surface area contributed by atoms with Gasteiger partial charge in [-0.15, -0.1) is 0 Å². The molecule has 0 spiro atoms. The molecule has 1 heteroatoms. The van der Waals surface area contributed by atoms with Crippen molar-refractivity contribution in [1.82, 2.24) is 0 Å². The fraction of sp³-hybridized carbons (Fsp3) is 1.00. The summed E-state index contributed by atoms with van der Waals surface area (Å²) in [5, 5.41) is 0. The highest BCUT2D eigenvalue weighted by molar-refractivity contribution is 4.95. The van der Waals surface area contributed by atoms with Crippen LogP contribution in [0.2, 0.25) is 0 Å². The van der Waals surface area contributed by atoms with Gasteiger partial charge in [-0.1, -0.05) is 0 Å². The van der Waals surface area contributed by atoms with Gasteiger partial charge >= 0.3 is 0 Å². The molecular weight excluding hydrogens is 134 g/mol. The molecule has 0 amide bonds. The fourth-order valence-electron chi connectivity index (χ4n) is 2.95. The Morgan fingerprint density at radius 3 is 2.00 bits per heavy atom. The molecule has 1 nitrogen and oxygen atoms in total. The van der Waals surface area contributed by atoms with E-state index in [-0.39, 0.29) is 0 Å². The van der Waals surface area contributed by atoms with E-state index in [9.17, 15) is 0 Å². The first-order valence-electron chi connectivity index (χ1n) is 4.87. The van der Waals surface area contributed by atoms with Gasteiger partial charge in [0.25, 0.3) is 0 Å². The van der Waals surface area contributed by atoms with Crippen LogP contribution in [0.5, 0.6) is 0 Å². The largest absolute Gasteiger partial charge is 0.331 e. The highest BCUT2D eigenvalue weighted by Gasteiger charge is 2.48. The smallest absolute Gasteiger partial charge is 0.0814 e. The van der Waals surface area contributed by atoms with E-state index in [4.69, 9.17) is 0 Å². The minimum absolute atomic E-state index is 1.09. The van der Waals surface area contributed by atoms with Gasteiger partial charge in [0.05, 0.1) is 27.7 Å². The van der Waals surface area contributed by atoms with Gasteiger partial charge in [0, 0.05) is 5.92 Å². The molecule has 2 atom stereocenters. The third-order valence-corrected chi connectivity index (χ3v) is 3.48. The summed E-state index contributed by atoms with van der Waals surface area (Å²) < 4.78 is 1.16. The van der Waals surface area contributed by atoms with Crippen LogP contribution in [0.1, 0.15) is 19.3 Å². The van der Waals surface area contributed by atoms with Crippen LogP contribution in [-0.2, 0) is 0 Å². The van der Waals surface area contributed by atoms with Gasteiger partial charge in [-0.3, -0.25) is 0 Å². The Morgan fingerprint density at radius 2 is 1.64 bits per heavy atom. The van der Waals surface area contributed by atoms with Gasteiger partial charge in [-0.05, 0) is 31.1 Å². The molecule has 0 aliphatic heterocycles. The van der Waals surface area contributed by atoms with Crippen LogP contribution in [-0.4, -0.2) is 32.2 Å². The zero-order valence-electron chi connectivity index (χ0n) is 8.01. The molecule has 3 fully saturated rings. The lowest BCUT2D eigenvalue weighted by Gasteiger charge is -2.40. The van der Waals surface area contributed by atoms with E-state index in [2.05, 4.69) is 21.1 Å². The number of rotatable bonds is 2. The van der Waals surface area contributed by atoms with Crippen LogP contribution in [0.4, 0.5) is 0 Å². The second-order valence-corrected chi connectivity index (χ2v) is 5.47. The van der Waals surface area contributed by atoms with Crippen molar-refractivity contribution >= 4 is 0 Å². The lowest BCUT2D eigenvalue weighted by atomic mass is 9.72. The highest BCUT2D eigenvalue weighted by atomic mass is 15.3. The molecule has 0 aromatic carbocycles. The maximum absolute atomic E-state index is 2.32. The van der Waals surface area contributed by atoms with Crippen molar-refractivity contribution in [3.05, 3.63) is 0 Å². The Balaban J connectivity index is 1.89. The second-order valence-electron chi connectivity index (χ2n) is 5.47. The summed E-state index contributed by atoms with van der Waals surface area (Å²) in [5.41, 5.74) is 0. The number of nitrogens with zero attached hydrogens (tertiary/aromatic N) is 1. The van der Waals surface area contributed by atoms with E-state index in [1.807, 2.05) is 0 Å². The van der Waals surface area contributed by atoms with E-state index < -0.39 is 0 Å². The van der Waals surface area contributed by atoms with Crippen LogP contribution < -0.4 is 0 Å². The van der Waals surface area contributed by atoms with Gasteiger partial charge in [-0.2, -0.15) is 0 Å². The summed E-state index contributed by atoms with van der Waals surface area (Å²) in [6.07, 6.45) is 4.63. The molecule has 3 aliphatic carbocycles. The molecule has 3 aliphatic rings. The zero-order valence-corrected chi connectivity index (χ0v) is 8.01. The van der Waals surface area contributed by atoms with Crippen molar-refractivity contribution in [2.24, 2.45) is 17.8 Å². The van der Waals surface area contributed by atoms with Crippen molar-refractivity contribution in [3.8, 4) is 0 Å². The van der Waals surface area contributed by atoms with E-state index in [1.54, 1.807) is 6.42 Å². The van der Waals surface area contributed by atoms with Gasteiger partial charge in [0.1, 0.15) is 0 Å². The van der Waals surface area contributed by atoms with Crippen molar-refractivity contribution in [2.75, 3.05) is 27.7 Å². The minimum atomic E-state index is 1.09. The normalized spacial score (nSPS) is 42.3. The standard InChI is InChI=1S/C10H20N/c1-11(2,3)7-10-8-4-5-9(10)6-8/h8-10H,4-7H2,1-3H3/q+1. The minimum Gasteiger partial charge on any atom is -0.331 e. The van der Waals surface area contributed by atoms with E-state index in [1.165, 1.54) is 19.4 Å². The summed E-state index contributed by atoms with van der Waals surface area (Å²) in [6.45, 7) is 1.41. The van der Waals surface area contributed by atoms with Crippen LogP contribution in [0, 0.1) is 17.8 Å². The first-order chi connectivity index (χ1) is 5.06. The summed E-state index contributed by atoms with van der Waals surface area (Å²) in [6, 6.07) is 0. The molecule has 11 heavy (non-hydrogen) atoms. The van der Waals surface area contributed by atoms with Gasteiger partial charge < -0.3 is 4.48 Å². The van der Waals surface area contributed by atoms with Crippen LogP contribution >= 0.6 is 0 Å². The molecule has 0 radical (unpaired) electrons. The average molecular weight is 154 g/mol. The number of fused-ring (bicyclic) bond motifs is 1. The molecule has 0 N–H and O–H groups in total. The van der Waals surface area contributed by atoms with Crippen LogP contribution in [0.15, 0.2) is 0 Å². The second kappa shape index (κ2) is 2.22. The predicted octanol–water partition coefficient (Wildman–Crippen LogP) is 1.74. The quantitative estimate of drug-likeness (QED) is 0.531. The topological polar surface area (TPSA) is 0 Å². The highest BCUT2D eigenvalue weighted by Crippen LogP contribution is 2.53. The SMILES string of the molecule is C[N+](C)(C)CC1C2CCC1C2. The molecular formula is C10H20N+. The lowest BCUT2D eigenvalue weighted by Crippen LogP contribution is -2.45. The molecule has 2 unspecified atom stereocenters. The number of hydrogen-bond donors (Lipinski definition) is 0. The summed E-state index contributed by atoms with van der Waals surface area (Å²) in [5.74, 6) is 3.34. The Bertz CT molecular complexity index is 143. The van der Waals surface area contributed by atoms with Crippen LogP contribution in [0.3, 0.4) is 0 Å². The van der Waals surface area contributed by atoms with Gasteiger partial charge in [-0.25, -0.2) is 0 Å². The van der Waals surface area contributed by atoms with E-state index in [0.717, 1.165) is 22.2 Å². The Kier molecular flexibility index (Phi) is 1.54. The van der Waals surface area contributed by atoms with Crippen molar-refractivity contribution < 1.29 is 4.48 Å². The molecule has 0 aromatic rings. The molecule has 0 saturated heterocycles. The monoisotopic (exact) mass is 154 g/mol. The fourth-order valence-corrected chi connectivity index (χ4v) is 2.95. The molecule has 3 saturated carbocycles. The van der Waals surface area contributed by atoms with Crippen molar-refractivity contribution in [1.29, 1.82) is 0 Å². The van der Waals surface area contributed by atoms with Crippen molar-refractivity contribution in [2.45, 2.75) is 19.3 Å². The Hall–Kier alpha value is -0.0400. The van der Waals surface area contributed by atoms with Crippen molar-refractivity contribution in [3.63, 3.8) is 0 Å². The third kappa shape index (κ3) is 1.31. The first-order valence-corrected chi connectivity index (χ1v) is 4.87. The molecule has 0 aromatic heterocycles. The van der Waals surface area contributed by atoms with E-state index >= 15 is 0 Å². The summed E-state index contributed by atoms with van der Waals surface area (Å²) in [4.78, 5) is 0. The molecule has 0 heterocycles. The van der Waals surface area contributed by atoms with E-state index in [0.29, 0.717) is 0 Å². The molecule has 3 rings (SSSR count). The maximum atomic E-state index is 2.32. The van der Waals surface area contributed by atoms with Gasteiger partial charge in [0.15, 0.2) is 0 Å². The predicted molar refractivity (Wildman–Crippen MR) is 47.2 cm³/mol. The zero-order chi connectivity index (χ0) is 8.06. The first kappa shape index (κ1) is 7.60. The maximum Gasteiger partial charge on any atom is 0.0814 e. The average Bonchev–Trinajstić information content (AvgIpc) is 2.37. The number of hydrogen-bond acceptors (Lipinski definition) is 0. The molecule has 64 valence electrons. The summed E-state index contributed by atoms with van der Waals surface area (Å²) in [7, 11) is 6.95. The third-order valence-electron chi connectivity index (χ3n) is 3.48. The Morgan fingerprint density at radius 1 is 1.09 bits per heavy atom. The van der Waals surface area contributed by atoms with Gasteiger partial charge in [0.2, 0.25) is 0 Å². The number of quaternary nitrogens is 1. The Labute approximate surface area is 70.0 Å². The lowest BCUT2D eigenvalue weighted by molar-refractivity contribution is -0.875. The van der Waals surface area contributed by atoms with Crippen LogP contribution in [0.25, 0.3) is 0 Å².